The molecule has 0 aromatic carbocycles. The Kier molecular flexibility index (Phi) is 4.12. The van der Waals surface area contributed by atoms with Gasteiger partial charge in [-0.15, -0.1) is 0 Å². The third kappa shape index (κ3) is 3.04. The summed E-state index contributed by atoms with van der Waals surface area (Å²) in [7, 11) is 1.55. The highest BCUT2D eigenvalue weighted by Gasteiger charge is 2.35. The van der Waals surface area contributed by atoms with Gasteiger partial charge < -0.3 is 10.2 Å². The molecule has 2 amide bonds. The molecule has 0 aromatic rings. The number of amides is 2. The van der Waals surface area contributed by atoms with Crippen molar-refractivity contribution in [3.63, 3.8) is 0 Å². The molecule has 0 bridgehead atoms. The van der Waals surface area contributed by atoms with Crippen molar-refractivity contribution in [2.45, 2.75) is 31.7 Å². The second-order valence-electron chi connectivity index (χ2n) is 4.90. The van der Waals surface area contributed by atoms with Crippen molar-refractivity contribution >= 4 is 11.8 Å². The predicted molar refractivity (Wildman–Crippen MR) is 64.5 cm³/mol. The molecule has 2 fully saturated rings. The molecule has 2 rings (SSSR count). The quantitative estimate of drug-likeness (QED) is 0.534. The molecule has 0 aliphatic carbocycles. The van der Waals surface area contributed by atoms with Gasteiger partial charge in [-0.1, -0.05) is 0 Å². The van der Waals surface area contributed by atoms with Crippen LogP contribution in [0.2, 0.25) is 0 Å². The van der Waals surface area contributed by atoms with E-state index in [2.05, 4.69) is 10.2 Å². The van der Waals surface area contributed by atoms with E-state index in [0.29, 0.717) is 6.42 Å². The van der Waals surface area contributed by atoms with Crippen LogP contribution in [-0.4, -0.2) is 60.9 Å². The second-order valence-corrected chi connectivity index (χ2v) is 4.90. The molecule has 2 heterocycles. The van der Waals surface area contributed by atoms with E-state index in [4.69, 9.17) is 0 Å². The number of hydrogen-bond acceptors (Lipinski definition) is 4. The Bertz CT molecular complexity index is 300. The molecule has 1 unspecified atom stereocenters. The van der Waals surface area contributed by atoms with Crippen LogP contribution in [0.5, 0.6) is 0 Å². The molecule has 96 valence electrons. The molecule has 17 heavy (non-hydrogen) atoms. The van der Waals surface area contributed by atoms with Crippen LogP contribution in [0.4, 0.5) is 0 Å². The van der Waals surface area contributed by atoms with Gasteiger partial charge in [0, 0.05) is 7.05 Å². The van der Waals surface area contributed by atoms with Crippen molar-refractivity contribution in [3.05, 3.63) is 0 Å². The Morgan fingerprint density at radius 1 is 1.29 bits per heavy atom. The highest BCUT2D eigenvalue weighted by Crippen LogP contribution is 2.11. The standard InChI is InChI=1S/C12H21N3O2/c1-14-11(16)9-10(12(14)17)13-5-4-8-15-6-2-3-7-15/h10,13H,2-9H2,1H3. The average molecular weight is 239 g/mol. The number of nitrogens with zero attached hydrogens (tertiary/aromatic N) is 2. The lowest BCUT2D eigenvalue weighted by Crippen LogP contribution is -2.38. The summed E-state index contributed by atoms with van der Waals surface area (Å²) in [4.78, 5) is 26.6. The number of carbonyl (C=O) groups excluding carboxylic acids is 2. The van der Waals surface area contributed by atoms with Gasteiger partial charge in [-0.25, -0.2) is 0 Å². The minimum Gasteiger partial charge on any atom is -0.305 e. The summed E-state index contributed by atoms with van der Waals surface area (Å²) in [5.41, 5.74) is 0. The third-order valence-electron chi connectivity index (χ3n) is 3.62. The fourth-order valence-corrected chi connectivity index (χ4v) is 2.50. The first-order valence-corrected chi connectivity index (χ1v) is 6.44. The lowest BCUT2D eigenvalue weighted by atomic mass is 10.2. The summed E-state index contributed by atoms with van der Waals surface area (Å²) < 4.78 is 0. The number of nitrogens with one attached hydrogen (secondary N) is 1. The van der Waals surface area contributed by atoms with Gasteiger partial charge in [-0.05, 0) is 45.4 Å². The van der Waals surface area contributed by atoms with Crippen LogP contribution in [-0.2, 0) is 9.59 Å². The Balaban J connectivity index is 1.62. The molecule has 5 nitrogen and oxygen atoms in total. The molecule has 1 N–H and O–H groups in total. The van der Waals surface area contributed by atoms with E-state index in [9.17, 15) is 9.59 Å². The van der Waals surface area contributed by atoms with Crippen LogP contribution in [0.3, 0.4) is 0 Å². The van der Waals surface area contributed by atoms with Crippen LogP contribution in [0, 0.1) is 0 Å². The summed E-state index contributed by atoms with van der Waals surface area (Å²) >= 11 is 0. The van der Waals surface area contributed by atoms with Gasteiger partial charge in [0.2, 0.25) is 11.8 Å². The number of imide groups is 1. The molecule has 0 spiro atoms. The molecular weight excluding hydrogens is 218 g/mol. The Hall–Kier alpha value is -0.940. The molecule has 1 atom stereocenters. The van der Waals surface area contributed by atoms with Gasteiger partial charge in [0.1, 0.15) is 0 Å². The average Bonchev–Trinajstić information content (AvgIpc) is 2.90. The maximum absolute atomic E-state index is 11.6. The molecule has 5 heteroatoms. The van der Waals surface area contributed by atoms with Crippen molar-refractivity contribution in [1.82, 2.24) is 15.1 Å². The van der Waals surface area contributed by atoms with Crippen LogP contribution in [0.1, 0.15) is 25.7 Å². The SMILES string of the molecule is CN1C(=O)CC(NCCCN2CCCC2)C1=O. The topological polar surface area (TPSA) is 52.7 Å². The number of carbonyl (C=O) groups is 2. The number of likely N-dealkylation sites (N-methyl/N-ethyl adjacent to an activating group) is 1. The highest BCUT2D eigenvalue weighted by molar-refractivity contribution is 6.05. The molecule has 2 aliphatic rings. The zero-order valence-corrected chi connectivity index (χ0v) is 10.4. The summed E-state index contributed by atoms with van der Waals surface area (Å²) in [5.74, 6) is -0.164. The summed E-state index contributed by atoms with van der Waals surface area (Å²) in [6.07, 6.45) is 3.99. The van der Waals surface area contributed by atoms with E-state index in [0.717, 1.165) is 19.5 Å². The summed E-state index contributed by atoms with van der Waals surface area (Å²) in [6.45, 7) is 4.33. The van der Waals surface area contributed by atoms with Crippen molar-refractivity contribution in [2.24, 2.45) is 0 Å². The van der Waals surface area contributed by atoms with Crippen molar-refractivity contribution in [3.8, 4) is 0 Å². The number of hydrogen-bond donors (Lipinski definition) is 1. The van der Waals surface area contributed by atoms with Gasteiger partial charge in [0.25, 0.3) is 0 Å². The first-order valence-electron chi connectivity index (χ1n) is 6.44. The van der Waals surface area contributed by atoms with Gasteiger partial charge >= 0.3 is 0 Å². The Morgan fingerprint density at radius 2 is 2.00 bits per heavy atom. The fourth-order valence-electron chi connectivity index (χ4n) is 2.50. The zero-order valence-electron chi connectivity index (χ0n) is 10.4. The van der Waals surface area contributed by atoms with Crippen LogP contribution >= 0.6 is 0 Å². The van der Waals surface area contributed by atoms with E-state index in [1.165, 1.54) is 30.8 Å². The molecular formula is C12H21N3O2. The first-order chi connectivity index (χ1) is 8.18. The summed E-state index contributed by atoms with van der Waals surface area (Å²) in [5, 5.41) is 3.18. The van der Waals surface area contributed by atoms with E-state index >= 15 is 0 Å². The predicted octanol–water partition coefficient (Wildman–Crippen LogP) is -0.181. The third-order valence-corrected chi connectivity index (χ3v) is 3.62. The van der Waals surface area contributed by atoms with Crippen LogP contribution < -0.4 is 5.32 Å². The van der Waals surface area contributed by atoms with E-state index in [1.54, 1.807) is 7.05 Å². The zero-order chi connectivity index (χ0) is 12.3. The maximum Gasteiger partial charge on any atom is 0.246 e. The van der Waals surface area contributed by atoms with Crippen molar-refractivity contribution in [2.75, 3.05) is 33.2 Å². The monoisotopic (exact) mass is 239 g/mol. The molecule has 0 radical (unpaired) electrons. The molecule has 2 aliphatic heterocycles. The van der Waals surface area contributed by atoms with Gasteiger partial charge in [-0.2, -0.15) is 0 Å². The van der Waals surface area contributed by atoms with Gasteiger partial charge in [-0.3, -0.25) is 14.5 Å². The van der Waals surface area contributed by atoms with E-state index < -0.39 is 0 Å². The highest BCUT2D eigenvalue weighted by atomic mass is 16.2. The van der Waals surface area contributed by atoms with Crippen molar-refractivity contribution in [1.29, 1.82) is 0 Å². The smallest absolute Gasteiger partial charge is 0.246 e. The summed E-state index contributed by atoms with van der Waals surface area (Å²) in [6, 6.07) is -0.286. The normalized spacial score (nSPS) is 26.2. The maximum atomic E-state index is 11.6. The van der Waals surface area contributed by atoms with Gasteiger partial charge in [0.15, 0.2) is 0 Å². The van der Waals surface area contributed by atoms with Crippen molar-refractivity contribution < 1.29 is 9.59 Å². The lowest BCUT2D eigenvalue weighted by Gasteiger charge is -2.15. The largest absolute Gasteiger partial charge is 0.305 e. The fraction of sp³-hybridized carbons (Fsp3) is 0.833. The van der Waals surface area contributed by atoms with E-state index in [-0.39, 0.29) is 17.9 Å². The number of rotatable bonds is 5. The minimum absolute atomic E-state index is 0.0768. The lowest BCUT2D eigenvalue weighted by molar-refractivity contribution is -0.137. The molecule has 0 aromatic heterocycles. The minimum atomic E-state index is -0.286. The first kappa shape index (κ1) is 12.5. The Labute approximate surface area is 102 Å². The van der Waals surface area contributed by atoms with E-state index in [1.807, 2.05) is 0 Å². The van der Waals surface area contributed by atoms with Crippen LogP contribution in [0.25, 0.3) is 0 Å². The Morgan fingerprint density at radius 3 is 2.59 bits per heavy atom. The molecule has 0 saturated carbocycles. The number of likely N-dealkylation sites (tertiary alicyclic amines) is 2. The second kappa shape index (κ2) is 5.60. The van der Waals surface area contributed by atoms with Crippen LogP contribution in [0.15, 0.2) is 0 Å². The van der Waals surface area contributed by atoms with Gasteiger partial charge in [0.05, 0.1) is 12.5 Å². The molecule has 2 saturated heterocycles.